The van der Waals surface area contributed by atoms with Crippen LogP contribution in [0.3, 0.4) is 0 Å². The Morgan fingerprint density at radius 3 is 2.91 bits per heavy atom. The number of aliphatic hydroxyl groups is 1. The Kier molecular flexibility index (Phi) is 3.68. The molecule has 0 saturated heterocycles. The van der Waals surface area contributed by atoms with Gasteiger partial charge in [-0.05, 0) is 35.7 Å². The zero-order valence-electron chi connectivity index (χ0n) is 12.6. The zero-order valence-corrected chi connectivity index (χ0v) is 13.3. The summed E-state index contributed by atoms with van der Waals surface area (Å²) in [5.41, 5.74) is 5.39. The maximum atomic E-state index is 9.86. The molecule has 0 saturated carbocycles. The lowest BCUT2D eigenvalue weighted by Crippen LogP contribution is -2.06. The number of hydrogen-bond acceptors (Lipinski definition) is 3. The predicted octanol–water partition coefficient (Wildman–Crippen LogP) is 3.96. The minimum Gasteiger partial charge on any atom is -0.392 e. The number of para-hydroxylation sites is 1. The van der Waals surface area contributed by atoms with Gasteiger partial charge in [0.25, 0.3) is 0 Å². The molecule has 1 heterocycles. The van der Waals surface area contributed by atoms with E-state index in [4.69, 9.17) is 11.6 Å². The second-order valence-corrected chi connectivity index (χ2v) is 6.35. The Morgan fingerprint density at radius 2 is 2.00 bits per heavy atom. The normalized spacial score (nSPS) is 16.5. The second kappa shape index (κ2) is 5.84. The summed E-state index contributed by atoms with van der Waals surface area (Å²) in [5.74, 6) is 0. The number of fused-ring (bicyclic) bond motifs is 2. The summed E-state index contributed by atoms with van der Waals surface area (Å²) in [7, 11) is 0. The highest BCUT2D eigenvalue weighted by atomic mass is 35.5. The maximum absolute atomic E-state index is 9.86. The lowest BCUT2D eigenvalue weighted by Gasteiger charge is -2.12. The molecule has 0 amide bonds. The van der Waals surface area contributed by atoms with Crippen LogP contribution in [0.5, 0.6) is 0 Å². The summed E-state index contributed by atoms with van der Waals surface area (Å²) in [6, 6.07) is 16.2. The van der Waals surface area contributed by atoms with Crippen LogP contribution in [0.4, 0.5) is 5.69 Å². The van der Waals surface area contributed by atoms with E-state index in [1.807, 2.05) is 30.3 Å². The quantitative estimate of drug-likeness (QED) is 0.717. The predicted molar refractivity (Wildman–Crippen MR) is 93.9 cm³/mol. The third-order valence-electron chi connectivity index (χ3n) is 4.39. The number of anilines is 1. The number of rotatable bonds is 3. The molecule has 1 aliphatic carbocycles. The highest BCUT2D eigenvalue weighted by Gasteiger charge is 2.21. The number of nitrogens with zero attached hydrogens (tertiary/aromatic N) is 1. The molecule has 3 aromatic rings. The third-order valence-corrected chi connectivity index (χ3v) is 4.71. The molecule has 4 heteroatoms. The summed E-state index contributed by atoms with van der Waals surface area (Å²) in [5, 5.41) is 14.9. The van der Waals surface area contributed by atoms with Crippen molar-refractivity contribution in [3.63, 3.8) is 0 Å². The van der Waals surface area contributed by atoms with Crippen LogP contribution in [0.25, 0.3) is 10.9 Å². The fourth-order valence-corrected chi connectivity index (χ4v) is 3.46. The van der Waals surface area contributed by atoms with E-state index in [1.165, 1.54) is 11.1 Å². The Labute approximate surface area is 139 Å². The number of halogens is 1. The smallest absolute Gasteiger partial charge is 0.134 e. The van der Waals surface area contributed by atoms with Gasteiger partial charge in [-0.2, -0.15) is 0 Å². The molecule has 0 aliphatic heterocycles. The average Bonchev–Trinajstić information content (AvgIpc) is 2.93. The molecule has 0 radical (unpaired) electrons. The molecule has 3 nitrogen and oxygen atoms in total. The summed E-state index contributed by atoms with van der Waals surface area (Å²) >= 11 is 6.32. The van der Waals surface area contributed by atoms with Crippen molar-refractivity contribution in [3.8, 4) is 0 Å². The molecule has 1 aliphatic rings. The Balaban J connectivity index is 1.61. The number of aromatic nitrogens is 1. The monoisotopic (exact) mass is 324 g/mol. The minimum atomic E-state index is -0.265. The van der Waals surface area contributed by atoms with Crippen molar-refractivity contribution in [3.05, 3.63) is 70.4 Å². The van der Waals surface area contributed by atoms with Gasteiger partial charge in [0, 0.05) is 29.6 Å². The van der Waals surface area contributed by atoms with E-state index in [0.29, 0.717) is 18.1 Å². The van der Waals surface area contributed by atoms with E-state index in [-0.39, 0.29) is 6.10 Å². The highest BCUT2D eigenvalue weighted by molar-refractivity contribution is 6.30. The van der Waals surface area contributed by atoms with Crippen LogP contribution in [-0.4, -0.2) is 16.2 Å². The molecule has 1 aromatic heterocycles. The van der Waals surface area contributed by atoms with Crippen LogP contribution < -0.4 is 5.32 Å². The molecular weight excluding hydrogens is 308 g/mol. The Bertz CT molecular complexity index is 878. The van der Waals surface area contributed by atoms with Gasteiger partial charge >= 0.3 is 0 Å². The molecule has 23 heavy (non-hydrogen) atoms. The summed E-state index contributed by atoms with van der Waals surface area (Å²) < 4.78 is 0. The largest absolute Gasteiger partial charge is 0.392 e. The molecule has 1 atom stereocenters. The van der Waals surface area contributed by atoms with Crippen LogP contribution in [0.15, 0.2) is 48.5 Å². The van der Waals surface area contributed by atoms with Crippen LogP contribution >= 0.6 is 11.6 Å². The Hall–Kier alpha value is -2.10. The van der Waals surface area contributed by atoms with Crippen molar-refractivity contribution in [2.24, 2.45) is 0 Å². The summed E-state index contributed by atoms with van der Waals surface area (Å²) in [4.78, 5) is 4.46. The van der Waals surface area contributed by atoms with Gasteiger partial charge in [0.2, 0.25) is 0 Å². The number of pyridine rings is 1. The molecule has 0 bridgehead atoms. The highest BCUT2D eigenvalue weighted by Crippen LogP contribution is 2.30. The van der Waals surface area contributed by atoms with Crippen LogP contribution in [0.2, 0.25) is 5.15 Å². The van der Waals surface area contributed by atoms with Gasteiger partial charge in [-0.25, -0.2) is 4.98 Å². The Morgan fingerprint density at radius 1 is 1.13 bits per heavy atom. The average molecular weight is 325 g/mol. The first-order valence-electron chi connectivity index (χ1n) is 7.77. The SMILES string of the molecule is O[C@@H]1Cc2cccc(NCc3cc4ccccc4nc3Cl)c2C1. The van der Waals surface area contributed by atoms with Crippen LogP contribution in [0.1, 0.15) is 16.7 Å². The lowest BCUT2D eigenvalue weighted by atomic mass is 10.1. The first-order chi connectivity index (χ1) is 11.2. The topological polar surface area (TPSA) is 45.1 Å². The molecule has 0 spiro atoms. The number of nitrogens with one attached hydrogen (secondary N) is 1. The second-order valence-electron chi connectivity index (χ2n) is 5.99. The standard InChI is InChI=1S/C19H17ClN2O/c20-19-14(8-13-4-1-2-6-17(13)22-19)11-21-18-7-3-5-12-9-15(23)10-16(12)18/h1-8,15,21,23H,9-11H2/t15-/m1/s1. The van der Waals surface area contributed by atoms with Crippen LogP contribution in [-0.2, 0) is 19.4 Å². The van der Waals surface area contributed by atoms with E-state index >= 15 is 0 Å². The van der Waals surface area contributed by atoms with Crippen molar-refractivity contribution < 1.29 is 5.11 Å². The van der Waals surface area contributed by atoms with Crippen molar-refractivity contribution in [1.29, 1.82) is 0 Å². The molecule has 0 unspecified atom stereocenters. The van der Waals surface area contributed by atoms with Gasteiger partial charge in [-0.15, -0.1) is 0 Å². The first-order valence-corrected chi connectivity index (χ1v) is 8.15. The van der Waals surface area contributed by atoms with Gasteiger partial charge in [-0.3, -0.25) is 0 Å². The fraction of sp³-hybridized carbons (Fsp3) is 0.211. The summed E-state index contributed by atoms with van der Waals surface area (Å²) in [6.45, 7) is 0.614. The van der Waals surface area contributed by atoms with E-state index in [0.717, 1.165) is 28.6 Å². The van der Waals surface area contributed by atoms with Crippen LogP contribution in [0, 0.1) is 0 Å². The molecule has 4 rings (SSSR count). The number of hydrogen-bond donors (Lipinski definition) is 2. The number of aliphatic hydroxyl groups excluding tert-OH is 1. The third kappa shape index (κ3) is 2.78. The van der Waals surface area contributed by atoms with Gasteiger partial charge in [0.05, 0.1) is 11.6 Å². The van der Waals surface area contributed by atoms with E-state index in [1.54, 1.807) is 0 Å². The van der Waals surface area contributed by atoms with Crippen molar-refractivity contribution in [2.75, 3.05) is 5.32 Å². The van der Waals surface area contributed by atoms with E-state index in [9.17, 15) is 5.11 Å². The fourth-order valence-electron chi connectivity index (χ4n) is 3.24. The van der Waals surface area contributed by atoms with Crippen molar-refractivity contribution in [2.45, 2.75) is 25.5 Å². The van der Waals surface area contributed by atoms with Gasteiger partial charge in [-0.1, -0.05) is 41.9 Å². The van der Waals surface area contributed by atoms with Gasteiger partial charge < -0.3 is 10.4 Å². The van der Waals surface area contributed by atoms with E-state index in [2.05, 4.69) is 28.5 Å². The van der Waals surface area contributed by atoms with Gasteiger partial charge in [0.1, 0.15) is 5.15 Å². The molecule has 2 aromatic carbocycles. The first kappa shape index (κ1) is 14.5. The molecule has 0 fully saturated rings. The van der Waals surface area contributed by atoms with E-state index < -0.39 is 0 Å². The van der Waals surface area contributed by atoms with Crippen molar-refractivity contribution in [1.82, 2.24) is 4.98 Å². The zero-order chi connectivity index (χ0) is 15.8. The molecular formula is C19H17ClN2O. The molecule has 2 N–H and O–H groups in total. The summed E-state index contributed by atoms with van der Waals surface area (Å²) in [6.07, 6.45) is 1.18. The lowest BCUT2D eigenvalue weighted by molar-refractivity contribution is 0.187. The minimum absolute atomic E-state index is 0.265. The molecule has 116 valence electrons. The number of benzene rings is 2. The maximum Gasteiger partial charge on any atom is 0.134 e. The van der Waals surface area contributed by atoms with Gasteiger partial charge in [0.15, 0.2) is 0 Å². The van der Waals surface area contributed by atoms with Crippen molar-refractivity contribution >= 4 is 28.2 Å².